The highest BCUT2D eigenvalue weighted by Crippen LogP contribution is 2.19. The molecule has 92 valence electrons. The van der Waals surface area contributed by atoms with Crippen LogP contribution in [-0.4, -0.2) is 44.4 Å². The summed E-state index contributed by atoms with van der Waals surface area (Å²) in [6.45, 7) is 2.86. The Labute approximate surface area is 99.3 Å². The number of nitrogen functional groups attached to an aromatic ring is 1. The summed E-state index contributed by atoms with van der Waals surface area (Å²) in [5.74, 6) is 0.280. The molecule has 0 saturated carbocycles. The van der Waals surface area contributed by atoms with Gasteiger partial charge in [0.15, 0.2) is 0 Å². The molecule has 2 rings (SSSR count). The highest BCUT2D eigenvalue weighted by atomic mass is 16.5. The van der Waals surface area contributed by atoms with Gasteiger partial charge in [-0.1, -0.05) is 0 Å². The first-order valence-electron chi connectivity index (χ1n) is 5.39. The predicted octanol–water partition coefficient (Wildman–Crippen LogP) is 0.287. The number of hydrogen-bond donors (Lipinski definition) is 1. The van der Waals surface area contributed by atoms with Crippen molar-refractivity contribution in [2.24, 2.45) is 0 Å². The fourth-order valence-corrected chi connectivity index (χ4v) is 1.71. The van der Waals surface area contributed by atoms with Gasteiger partial charge in [0.2, 0.25) is 0 Å². The van der Waals surface area contributed by atoms with Crippen LogP contribution >= 0.6 is 0 Å². The van der Waals surface area contributed by atoms with Crippen LogP contribution in [0.2, 0.25) is 0 Å². The Morgan fingerprint density at radius 3 is 2.88 bits per heavy atom. The zero-order valence-electron chi connectivity index (χ0n) is 9.68. The van der Waals surface area contributed by atoms with Gasteiger partial charge < -0.3 is 20.1 Å². The normalized spacial score (nSPS) is 15.7. The molecule has 0 unspecified atom stereocenters. The number of morpholine rings is 1. The molecule has 0 spiro atoms. The maximum absolute atomic E-state index is 11.5. The zero-order valence-corrected chi connectivity index (χ0v) is 9.68. The van der Waals surface area contributed by atoms with Crippen molar-refractivity contribution < 1.29 is 14.3 Å². The molecule has 2 N–H and O–H groups in total. The Kier molecular flexibility index (Phi) is 3.43. The van der Waals surface area contributed by atoms with Gasteiger partial charge in [-0.15, -0.1) is 0 Å². The van der Waals surface area contributed by atoms with E-state index in [2.05, 4.69) is 14.6 Å². The topological polar surface area (TPSA) is 77.7 Å². The van der Waals surface area contributed by atoms with Crippen LogP contribution in [0.25, 0.3) is 0 Å². The van der Waals surface area contributed by atoms with E-state index in [9.17, 15) is 4.79 Å². The Morgan fingerprint density at radius 1 is 1.53 bits per heavy atom. The fourth-order valence-electron chi connectivity index (χ4n) is 1.71. The van der Waals surface area contributed by atoms with Crippen LogP contribution < -0.4 is 10.6 Å². The lowest BCUT2D eigenvalue weighted by molar-refractivity contribution is 0.0602. The van der Waals surface area contributed by atoms with Gasteiger partial charge in [-0.3, -0.25) is 0 Å². The predicted molar refractivity (Wildman–Crippen MR) is 63.0 cm³/mol. The summed E-state index contributed by atoms with van der Waals surface area (Å²) in [6.07, 6.45) is 1.48. The number of esters is 1. The van der Waals surface area contributed by atoms with Crippen LogP contribution in [0.5, 0.6) is 0 Å². The van der Waals surface area contributed by atoms with Gasteiger partial charge in [0.25, 0.3) is 0 Å². The Hall–Kier alpha value is -1.82. The molecule has 2 heterocycles. The number of ether oxygens (including phenoxy) is 2. The number of hydrogen-bond acceptors (Lipinski definition) is 6. The van der Waals surface area contributed by atoms with Crippen molar-refractivity contribution >= 4 is 17.5 Å². The van der Waals surface area contributed by atoms with Gasteiger partial charge in [-0.05, 0) is 6.07 Å². The summed E-state index contributed by atoms with van der Waals surface area (Å²) in [7, 11) is 1.33. The van der Waals surface area contributed by atoms with Gasteiger partial charge in [-0.25, -0.2) is 9.78 Å². The minimum absolute atomic E-state index is 0.328. The first-order chi connectivity index (χ1) is 8.22. The van der Waals surface area contributed by atoms with Gasteiger partial charge >= 0.3 is 5.97 Å². The van der Waals surface area contributed by atoms with E-state index in [-0.39, 0.29) is 0 Å². The van der Waals surface area contributed by atoms with Crippen molar-refractivity contribution in [2.75, 3.05) is 44.0 Å². The number of aromatic nitrogens is 1. The van der Waals surface area contributed by atoms with Crippen LogP contribution in [0, 0.1) is 0 Å². The molecule has 0 bridgehead atoms. The lowest BCUT2D eigenvalue weighted by atomic mass is 10.2. The molecule has 0 radical (unpaired) electrons. The van der Waals surface area contributed by atoms with E-state index >= 15 is 0 Å². The Bertz CT molecular complexity index is 416. The molecule has 1 fully saturated rings. The first kappa shape index (κ1) is 11.7. The zero-order chi connectivity index (χ0) is 12.3. The average Bonchev–Trinajstić information content (AvgIpc) is 2.39. The van der Waals surface area contributed by atoms with Crippen molar-refractivity contribution in [1.29, 1.82) is 0 Å². The lowest BCUT2D eigenvalue weighted by Gasteiger charge is -2.28. The largest absolute Gasteiger partial charge is 0.465 e. The van der Waals surface area contributed by atoms with E-state index < -0.39 is 5.97 Å². The molecule has 1 saturated heterocycles. The Balaban J connectivity index is 2.26. The molecular formula is C11H15N3O3. The van der Waals surface area contributed by atoms with Crippen molar-refractivity contribution in [3.8, 4) is 0 Å². The van der Waals surface area contributed by atoms with E-state index in [4.69, 9.17) is 10.5 Å². The third-order valence-electron chi connectivity index (χ3n) is 2.66. The fraction of sp³-hybridized carbons (Fsp3) is 0.455. The third-order valence-corrected chi connectivity index (χ3v) is 2.66. The van der Waals surface area contributed by atoms with Gasteiger partial charge in [0.1, 0.15) is 5.82 Å². The van der Waals surface area contributed by atoms with Gasteiger partial charge in [-0.2, -0.15) is 0 Å². The second-order valence-electron chi connectivity index (χ2n) is 3.72. The second kappa shape index (κ2) is 5.01. The highest BCUT2D eigenvalue weighted by molar-refractivity contribution is 5.95. The van der Waals surface area contributed by atoms with Crippen molar-refractivity contribution in [3.05, 3.63) is 17.8 Å². The summed E-state index contributed by atoms with van der Waals surface area (Å²) >= 11 is 0. The smallest absolute Gasteiger partial charge is 0.340 e. The minimum Gasteiger partial charge on any atom is -0.465 e. The molecule has 17 heavy (non-hydrogen) atoms. The molecule has 0 aromatic carbocycles. The standard InChI is InChI=1S/C11H15N3O3/c1-16-11(15)8-6-10(13-7-9(8)12)14-2-4-17-5-3-14/h6-7H,2-5,12H2,1H3. The van der Waals surface area contributed by atoms with Crippen LogP contribution in [0.15, 0.2) is 12.3 Å². The monoisotopic (exact) mass is 237 g/mol. The van der Waals surface area contributed by atoms with Crippen molar-refractivity contribution in [1.82, 2.24) is 4.98 Å². The average molecular weight is 237 g/mol. The van der Waals surface area contributed by atoms with E-state index in [0.29, 0.717) is 24.5 Å². The van der Waals surface area contributed by atoms with Crippen molar-refractivity contribution in [3.63, 3.8) is 0 Å². The van der Waals surface area contributed by atoms with Crippen LogP contribution in [0.1, 0.15) is 10.4 Å². The van der Waals surface area contributed by atoms with Gasteiger partial charge in [0.05, 0.1) is 37.8 Å². The maximum atomic E-state index is 11.5. The van der Waals surface area contributed by atoms with Gasteiger partial charge in [0, 0.05) is 13.1 Å². The van der Waals surface area contributed by atoms with Crippen LogP contribution in [0.4, 0.5) is 11.5 Å². The highest BCUT2D eigenvalue weighted by Gasteiger charge is 2.16. The number of carbonyl (C=O) groups is 1. The minimum atomic E-state index is -0.445. The summed E-state index contributed by atoms with van der Waals surface area (Å²) in [6, 6.07) is 1.66. The molecule has 0 amide bonds. The molecule has 0 atom stereocenters. The quantitative estimate of drug-likeness (QED) is 0.745. The number of nitrogens with two attached hydrogens (primary N) is 1. The van der Waals surface area contributed by atoms with Crippen LogP contribution in [0.3, 0.4) is 0 Å². The third kappa shape index (κ3) is 2.47. The molecule has 1 aromatic heterocycles. The molecule has 0 aliphatic carbocycles. The van der Waals surface area contributed by atoms with E-state index in [1.807, 2.05) is 0 Å². The molecule has 1 aliphatic rings. The maximum Gasteiger partial charge on any atom is 0.340 e. The summed E-state index contributed by atoms with van der Waals surface area (Å²) in [4.78, 5) is 17.8. The summed E-state index contributed by atoms with van der Waals surface area (Å²) in [5.41, 5.74) is 6.37. The molecule has 6 heteroatoms. The molecule has 1 aliphatic heterocycles. The number of pyridine rings is 1. The van der Waals surface area contributed by atoms with E-state index in [1.54, 1.807) is 6.07 Å². The summed E-state index contributed by atoms with van der Waals surface area (Å²) in [5, 5.41) is 0. The Morgan fingerprint density at radius 2 is 2.24 bits per heavy atom. The lowest BCUT2D eigenvalue weighted by Crippen LogP contribution is -2.36. The SMILES string of the molecule is COC(=O)c1cc(N2CCOCC2)ncc1N. The van der Waals surface area contributed by atoms with E-state index in [1.165, 1.54) is 13.3 Å². The first-order valence-corrected chi connectivity index (χ1v) is 5.39. The summed E-state index contributed by atoms with van der Waals surface area (Å²) < 4.78 is 9.93. The number of rotatable bonds is 2. The molecule has 1 aromatic rings. The number of anilines is 2. The van der Waals surface area contributed by atoms with Crippen molar-refractivity contribution in [2.45, 2.75) is 0 Å². The number of nitrogens with zero attached hydrogens (tertiary/aromatic N) is 2. The number of methoxy groups -OCH3 is 1. The van der Waals surface area contributed by atoms with E-state index in [0.717, 1.165) is 18.9 Å². The van der Waals surface area contributed by atoms with Crippen LogP contribution in [-0.2, 0) is 9.47 Å². The molecule has 6 nitrogen and oxygen atoms in total. The number of carbonyl (C=O) groups excluding carboxylic acids is 1. The molecular weight excluding hydrogens is 222 g/mol. The second-order valence-corrected chi connectivity index (χ2v) is 3.72.